The fourth-order valence-corrected chi connectivity index (χ4v) is 1.87. The molecule has 2 aromatic carbocycles. The average molecular weight is 279 g/mol. The van der Waals surface area contributed by atoms with Gasteiger partial charge in [0.05, 0.1) is 12.1 Å². The Labute approximate surface area is 114 Å². The SMILES string of the molecule is NCC(=O)c1cccc(-c2cccc(C(F)(F)F)c2)c1. The van der Waals surface area contributed by atoms with Gasteiger partial charge in [-0.25, -0.2) is 0 Å². The van der Waals surface area contributed by atoms with Crippen molar-refractivity contribution in [3.8, 4) is 11.1 Å². The van der Waals surface area contributed by atoms with E-state index in [1.54, 1.807) is 30.3 Å². The quantitative estimate of drug-likeness (QED) is 0.874. The van der Waals surface area contributed by atoms with Crippen LogP contribution in [0.1, 0.15) is 15.9 Å². The maximum Gasteiger partial charge on any atom is 0.416 e. The molecule has 0 aliphatic carbocycles. The van der Waals surface area contributed by atoms with Crippen molar-refractivity contribution >= 4 is 5.78 Å². The zero-order chi connectivity index (χ0) is 14.8. The molecule has 0 radical (unpaired) electrons. The lowest BCUT2D eigenvalue weighted by molar-refractivity contribution is -0.137. The second-order valence-electron chi connectivity index (χ2n) is 4.29. The lowest BCUT2D eigenvalue weighted by Gasteiger charge is -2.09. The zero-order valence-electron chi connectivity index (χ0n) is 10.4. The van der Waals surface area contributed by atoms with E-state index in [-0.39, 0.29) is 12.3 Å². The highest BCUT2D eigenvalue weighted by atomic mass is 19.4. The first kappa shape index (κ1) is 14.3. The summed E-state index contributed by atoms with van der Waals surface area (Å²) in [6.07, 6.45) is -4.39. The number of hydrogen-bond acceptors (Lipinski definition) is 2. The molecular formula is C15H12F3NO. The fourth-order valence-electron chi connectivity index (χ4n) is 1.87. The molecule has 5 heteroatoms. The molecule has 2 nitrogen and oxygen atoms in total. The Morgan fingerprint density at radius 3 is 2.20 bits per heavy atom. The maximum atomic E-state index is 12.7. The monoisotopic (exact) mass is 279 g/mol. The van der Waals surface area contributed by atoms with Gasteiger partial charge in [-0.05, 0) is 29.3 Å². The summed E-state index contributed by atoms with van der Waals surface area (Å²) in [5.41, 5.74) is 5.91. The first-order valence-electron chi connectivity index (χ1n) is 5.93. The van der Waals surface area contributed by atoms with Gasteiger partial charge in [0.15, 0.2) is 5.78 Å². The Hall–Kier alpha value is -2.14. The van der Waals surface area contributed by atoms with Crippen LogP contribution in [0.4, 0.5) is 13.2 Å². The van der Waals surface area contributed by atoms with Gasteiger partial charge in [-0.3, -0.25) is 4.79 Å². The molecule has 104 valence electrons. The number of nitrogens with two attached hydrogens (primary N) is 1. The lowest BCUT2D eigenvalue weighted by atomic mass is 9.99. The Balaban J connectivity index is 2.44. The smallest absolute Gasteiger partial charge is 0.324 e. The second-order valence-corrected chi connectivity index (χ2v) is 4.29. The molecule has 0 aromatic heterocycles. The number of halogens is 3. The van der Waals surface area contributed by atoms with Crippen LogP contribution in [0, 0.1) is 0 Å². The molecule has 0 amide bonds. The third-order valence-corrected chi connectivity index (χ3v) is 2.89. The van der Waals surface area contributed by atoms with Crippen LogP contribution in [-0.4, -0.2) is 12.3 Å². The number of rotatable bonds is 3. The molecule has 0 atom stereocenters. The Morgan fingerprint density at radius 2 is 1.60 bits per heavy atom. The molecule has 0 aliphatic heterocycles. The van der Waals surface area contributed by atoms with Crippen LogP contribution in [0.25, 0.3) is 11.1 Å². The average Bonchev–Trinajstić information content (AvgIpc) is 2.46. The lowest BCUT2D eigenvalue weighted by Crippen LogP contribution is -2.13. The van der Waals surface area contributed by atoms with Crippen molar-refractivity contribution in [1.82, 2.24) is 0 Å². The zero-order valence-corrected chi connectivity index (χ0v) is 10.4. The number of carbonyl (C=O) groups excluding carboxylic acids is 1. The van der Waals surface area contributed by atoms with E-state index in [9.17, 15) is 18.0 Å². The predicted molar refractivity (Wildman–Crippen MR) is 70.3 cm³/mol. The van der Waals surface area contributed by atoms with Gasteiger partial charge in [0.25, 0.3) is 0 Å². The van der Waals surface area contributed by atoms with Crippen LogP contribution in [-0.2, 0) is 6.18 Å². The van der Waals surface area contributed by atoms with E-state index in [1.807, 2.05) is 0 Å². The molecular weight excluding hydrogens is 267 g/mol. The van der Waals surface area contributed by atoms with Crippen molar-refractivity contribution in [2.45, 2.75) is 6.18 Å². The van der Waals surface area contributed by atoms with Crippen molar-refractivity contribution in [2.75, 3.05) is 6.54 Å². The topological polar surface area (TPSA) is 43.1 Å². The van der Waals surface area contributed by atoms with E-state index in [0.717, 1.165) is 12.1 Å². The van der Waals surface area contributed by atoms with Gasteiger partial charge in [-0.1, -0.05) is 30.3 Å². The highest BCUT2D eigenvalue weighted by Gasteiger charge is 2.30. The van der Waals surface area contributed by atoms with Gasteiger partial charge < -0.3 is 5.73 Å². The molecule has 0 fully saturated rings. The van der Waals surface area contributed by atoms with Crippen LogP contribution in [0.3, 0.4) is 0 Å². The minimum atomic E-state index is -4.39. The summed E-state index contributed by atoms with van der Waals surface area (Å²) in [5.74, 6) is -0.251. The largest absolute Gasteiger partial charge is 0.416 e. The molecule has 2 N–H and O–H groups in total. The first-order chi connectivity index (χ1) is 9.41. The summed E-state index contributed by atoms with van der Waals surface area (Å²) in [7, 11) is 0. The van der Waals surface area contributed by atoms with Crippen LogP contribution in [0.5, 0.6) is 0 Å². The van der Waals surface area contributed by atoms with E-state index >= 15 is 0 Å². The standard InChI is InChI=1S/C15H12F3NO/c16-15(17,18)13-6-2-4-11(8-13)10-3-1-5-12(7-10)14(20)9-19/h1-8H,9,19H2. The Morgan fingerprint density at radius 1 is 1.00 bits per heavy atom. The molecule has 0 unspecified atom stereocenters. The van der Waals surface area contributed by atoms with Crippen molar-refractivity contribution in [3.63, 3.8) is 0 Å². The van der Waals surface area contributed by atoms with Crippen LogP contribution in [0.15, 0.2) is 48.5 Å². The van der Waals surface area contributed by atoms with Gasteiger partial charge in [-0.15, -0.1) is 0 Å². The summed E-state index contributed by atoms with van der Waals surface area (Å²) < 4.78 is 38.0. The number of carbonyl (C=O) groups is 1. The molecule has 0 bridgehead atoms. The molecule has 0 spiro atoms. The third-order valence-electron chi connectivity index (χ3n) is 2.89. The second kappa shape index (κ2) is 5.46. The summed E-state index contributed by atoms with van der Waals surface area (Å²) >= 11 is 0. The van der Waals surface area contributed by atoms with Gasteiger partial charge in [0.2, 0.25) is 0 Å². The van der Waals surface area contributed by atoms with E-state index in [0.29, 0.717) is 16.7 Å². The van der Waals surface area contributed by atoms with Crippen molar-refractivity contribution in [1.29, 1.82) is 0 Å². The van der Waals surface area contributed by atoms with E-state index in [2.05, 4.69) is 0 Å². The Bertz CT molecular complexity index is 635. The molecule has 0 saturated heterocycles. The number of Topliss-reactive ketones (excluding diaryl/α,β-unsaturated/α-hetero) is 1. The summed E-state index contributed by atoms with van der Waals surface area (Å²) in [6, 6.07) is 11.4. The molecule has 20 heavy (non-hydrogen) atoms. The highest BCUT2D eigenvalue weighted by Crippen LogP contribution is 2.32. The number of benzene rings is 2. The summed E-state index contributed by atoms with van der Waals surface area (Å²) in [6.45, 7) is -0.133. The summed E-state index contributed by atoms with van der Waals surface area (Å²) in [5, 5.41) is 0. The first-order valence-corrected chi connectivity index (χ1v) is 5.93. The van der Waals surface area contributed by atoms with Gasteiger partial charge in [0.1, 0.15) is 0 Å². The van der Waals surface area contributed by atoms with Gasteiger partial charge in [0, 0.05) is 5.56 Å². The molecule has 2 aromatic rings. The van der Waals surface area contributed by atoms with Gasteiger partial charge in [-0.2, -0.15) is 13.2 Å². The maximum absolute atomic E-state index is 12.7. The highest BCUT2D eigenvalue weighted by molar-refractivity contribution is 5.98. The van der Waals surface area contributed by atoms with Gasteiger partial charge >= 0.3 is 6.18 Å². The predicted octanol–water partition coefficient (Wildman–Crippen LogP) is 3.51. The number of ketones is 1. The van der Waals surface area contributed by atoms with E-state index in [4.69, 9.17) is 5.73 Å². The Kier molecular flexibility index (Phi) is 3.90. The van der Waals surface area contributed by atoms with Crippen LogP contribution >= 0.6 is 0 Å². The molecule has 0 saturated carbocycles. The summed E-state index contributed by atoms with van der Waals surface area (Å²) in [4.78, 5) is 11.5. The van der Waals surface area contributed by atoms with Crippen LogP contribution in [0.2, 0.25) is 0 Å². The molecule has 2 rings (SSSR count). The molecule has 0 heterocycles. The molecule has 0 aliphatic rings. The van der Waals surface area contributed by atoms with Crippen molar-refractivity contribution in [3.05, 3.63) is 59.7 Å². The van der Waals surface area contributed by atoms with E-state index in [1.165, 1.54) is 6.07 Å². The third kappa shape index (κ3) is 3.05. The normalized spacial score (nSPS) is 11.4. The fraction of sp³-hybridized carbons (Fsp3) is 0.133. The van der Waals surface area contributed by atoms with Crippen molar-refractivity contribution in [2.24, 2.45) is 5.73 Å². The number of hydrogen-bond donors (Lipinski definition) is 1. The number of alkyl halides is 3. The van der Waals surface area contributed by atoms with Crippen LogP contribution < -0.4 is 5.73 Å². The minimum absolute atomic E-state index is 0.133. The minimum Gasteiger partial charge on any atom is -0.324 e. The van der Waals surface area contributed by atoms with E-state index < -0.39 is 11.7 Å². The van der Waals surface area contributed by atoms with Crippen molar-refractivity contribution < 1.29 is 18.0 Å².